The summed E-state index contributed by atoms with van der Waals surface area (Å²) < 4.78 is 0.930. The standard InChI is InChI=1S/C13H18BrNOS/c1-3-17-8-7-10(2)15-13(16)11-5-4-6-12(14)9-11/h4-6,9-10H,3,7-8H2,1-2H3,(H,15,16). The first-order valence-electron chi connectivity index (χ1n) is 5.77. The van der Waals surface area contributed by atoms with Crippen molar-refractivity contribution in [3.8, 4) is 0 Å². The third-order valence-electron chi connectivity index (χ3n) is 2.36. The molecule has 0 saturated carbocycles. The molecule has 1 amide bonds. The lowest BCUT2D eigenvalue weighted by Crippen LogP contribution is -2.32. The van der Waals surface area contributed by atoms with Crippen LogP contribution in [0.5, 0.6) is 0 Å². The van der Waals surface area contributed by atoms with Gasteiger partial charge in [-0.05, 0) is 43.0 Å². The van der Waals surface area contributed by atoms with E-state index in [2.05, 4.69) is 28.2 Å². The molecule has 0 radical (unpaired) electrons. The highest BCUT2D eigenvalue weighted by molar-refractivity contribution is 9.10. The number of halogens is 1. The SMILES string of the molecule is CCSCCC(C)NC(=O)c1cccc(Br)c1. The van der Waals surface area contributed by atoms with Gasteiger partial charge in [-0.2, -0.15) is 11.8 Å². The Morgan fingerprint density at radius 1 is 1.53 bits per heavy atom. The summed E-state index contributed by atoms with van der Waals surface area (Å²) in [6.45, 7) is 4.20. The molecule has 1 N–H and O–H groups in total. The number of carbonyl (C=O) groups is 1. The Bertz CT molecular complexity index is 370. The van der Waals surface area contributed by atoms with Crippen LogP contribution in [0.15, 0.2) is 28.7 Å². The fourth-order valence-electron chi connectivity index (χ4n) is 1.41. The van der Waals surface area contributed by atoms with Crippen LogP contribution in [0, 0.1) is 0 Å². The van der Waals surface area contributed by atoms with Crippen molar-refractivity contribution < 1.29 is 4.79 Å². The topological polar surface area (TPSA) is 29.1 Å². The Hall–Kier alpha value is -0.480. The van der Waals surface area contributed by atoms with Gasteiger partial charge in [0.2, 0.25) is 0 Å². The van der Waals surface area contributed by atoms with Gasteiger partial charge < -0.3 is 5.32 Å². The second-order valence-corrected chi connectivity index (χ2v) is 6.18. The summed E-state index contributed by atoms with van der Waals surface area (Å²) >= 11 is 5.27. The average molecular weight is 316 g/mol. The molecule has 0 heterocycles. The Morgan fingerprint density at radius 3 is 2.94 bits per heavy atom. The lowest BCUT2D eigenvalue weighted by Gasteiger charge is -2.13. The molecule has 0 aliphatic rings. The van der Waals surface area contributed by atoms with E-state index in [4.69, 9.17) is 0 Å². The van der Waals surface area contributed by atoms with Crippen LogP contribution in [-0.2, 0) is 0 Å². The van der Waals surface area contributed by atoms with Gasteiger partial charge in [-0.25, -0.2) is 0 Å². The van der Waals surface area contributed by atoms with E-state index in [1.54, 1.807) is 0 Å². The van der Waals surface area contributed by atoms with E-state index >= 15 is 0 Å². The Balaban J connectivity index is 2.43. The Labute approximate surface area is 116 Å². The van der Waals surface area contributed by atoms with Crippen LogP contribution in [0.2, 0.25) is 0 Å². The zero-order valence-corrected chi connectivity index (χ0v) is 12.6. The normalized spacial score (nSPS) is 12.2. The molecule has 4 heteroatoms. The van der Waals surface area contributed by atoms with Crippen LogP contribution in [0.1, 0.15) is 30.6 Å². The summed E-state index contributed by atoms with van der Waals surface area (Å²) in [7, 11) is 0. The third-order valence-corrected chi connectivity index (χ3v) is 3.79. The molecule has 1 aromatic carbocycles. The summed E-state index contributed by atoms with van der Waals surface area (Å²) in [5.41, 5.74) is 0.703. The van der Waals surface area contributed by atoms with Gasteiger partial charge in [-0.15, -0.1) is 0 Å². The van der Waals surface area contributed by atoms with Gasteiger partial charge in [0, 0.05) is 16.1 Å². The van der Waals surface area contributed by atoms with E-state index in [1.165, 1.54) is 0 Å². The van der Waals surface area contributed by atoms with E-state index in [9.17, 15) is 4.79 Å². The monoisotopic (exact) mass is 315 g/mol. The van der Waals surface area contributed by atoms with Gasteiger partial charge in [0.1, 0.15) is 0 Å². The van der Waals surface area contributed by atoms with Gasteiger partial charge in [0.15, 0.2) is 0 Å². The van der Waals surface area contributed by atoms with Crippen LogP contribution < -0.4 is 5.32 Å². The van der Waals surface area contributed by atoms with Gasteiger partial charge in [0.05, 0.1) is 0 Å². The number of amides is 1. The molecule has 17 heavy (non-hydrogen) atoms. The van der Waals surface area contributed by atoms with Crippen LogP contribution in [0.4, 0.5) is 0 Å². The number of carbonyl (C=O) groups excluding carboxylic acids is 1. The maximum absolute atomic E-state index is 11.9. The van der Waals surface area contributed by atoms with Crippen molar-refractivity contribution in [2.75, 3.05) is 11.5 Å². The minimum absolute atomic E-state index is 0.000276. The highest BCUT2D eigenvalue weighted by atomic mass is 79.9. The van der Waals surface area contributed by atoms with E-state index in [0.717, 1.165) is 22.4 Å². The minimum atomic E-state index is 0.000276. The first kappa shape index (κ1) is 14.6. The molecule has 1 rings (SSSR count). The second kappa shape index (κ2) is 7.77. The van der Waals surface area contributed by atoms with Gasteiger partial charge in [0.25, 0.3) is 5.91 Å². The lowest BCUT2D eigenvalue weighted by molar-refractivity contribution is 0.0939. The highest BCUT2D eigenvalue weighted by Crippen LogP contribution is 2.12. The molecule has 0 spiro atoms. The molecule has 0 aliphatic heterocycles. The highest BCUT2D eigenvalue weighted by Gasteiger charge is 2.09. The second-order valence-electron chi connectivity index (χ2n) is 3.87. The van der Waals surface area contributed by atoms with Crippen molar-refractivity contribution in [1.29, 1.82) is 0 Å². The number of thioether (sulfide) groups is 1. The summed E-state index contributed by atoms with van der Waals surface area (Å²) in [5, 5.41) is 3.01. The van der Waals surface area contributed by atoms with E-state index in [1.807, 2.05) is 43.0 Å². The first-order chi connectivity index (χ1) is 8.13. The van der Waals surface area contributed by atoms with Crippen LogP contribution in [0.3, 0.4) is 0 Å². The van der Waals surface area contributed by atoms with Crippen molar-refractivity contribution >= 4 is 33.6 Å². The van der Waals surface area contributed by atoms with Crippen molar-refractivity contribution in [1.82, 2.24) is 5.32 Å². The fraction of sp³-hybridized carbons (Fsp3) is 0.462. The summed E-state index contributed by atoms with van der Waals surface area (Å²) in [6, 6.07) is 7.67. The predicted octanol–water partition coefficient (Wildman–Crippen LogP) is 3.71. The predicted molar refractivity (Wildman–Crippen MR) is 78.7 cm³/mol. The maximum atomic E-state index is 11.9. The molecule has 0 aliphatic carbocycles. The lowest BCUT2D eigenvalue weighted by atomic mass is 10.2. The zero-order chi connectivity index (χ0) is 12.7. The quantitative estimate of drug-likeness (QED) is 0.811. The molecular weight excluding hydrogens is 298 g/mol. The summed E-state index contributed by atoms with van der Waals surface area (Å²) in [5.74, 6) is 2.23. The number of benzene rings is 1. The van der Waals surface area contributed by atoms with E-state index in [-0.39, 0.29) is 11.9 Å². The molecule has 0 aromatic heterocycles. The number of rotatable bonds is 6. The van der Waals surface area contributed by atoms with Gasteiger partial charge in [-0.3, -0.25) is 4.79 Å². The molecule has 0 saturated heterocycles. The number of hydrogen-bond acceptors (Lipinski definition) is 2. The summed E-state index contributed by atoms with van der Waals surface area (Å²) in [4.78, 5) is 11.9. The van der Waals surface area contributed by atoms with Crippen LogP contribution in [0.25, 0.3) is 0 Å². The molecule has 2 nitrogen and oxygen atoms in total. The largest absolute Gasteiger partial charge is 0.350 e. The van der Waals surface area contributed by atoms with Gasteiger partial charge >= 0.3 is 0 Å². The van der Waals surface area contributed by atoms with Crippen LogP contribution >= 0.6 is 27.7 Å². The minimum Gasteiger partial charge on any atom is -0.350 e. The molecule has 94 valence electrons. The average Bonchev–Trinajstić information content (AvgIpc) is 2.29. The fourth-order valence-corrected chi connectivity index (χ4v) is 2.62. The van der Waals surface area contributed by atoms with Gasteiger partial charge in [-0.1, -0.05) is 28.9 Å². The number of nitrogens with one attached hydrogen (secondary N) is 1. The Kier molecular flexibility index (Phi) is 6.66. The zero-order valence-electron chi connectivity index (χ0n) is 10.2. The van der Waals surface area contributed by atoms with Crippen molar-refractivity contribution in [3.05, 3.63) is 34.3 Å². The van der Waals surface area contributed by atoms with Crippen molar-refractivity contribution in [2.45, 2.75) is 26.3 Å². The van der Waals surface area contributed by atoms with E-state index in [0.29, 0.717) is 5.56 Å². The number of hydrogen-bond donors (Lipinski definition) is 1. The first-order valence-corrected chi connectivity index (χ1v) is 7.72. The molecular formula is C13H18BrNOS. The molecule has 1 aromatic rings. The Morgan fingerprint density at radius 2 is 2.29 bits per heavy atom. The van der Waals surface area contributed by atoms with Crippen molar-refractivity contribution in [2.24, 2.45) is 0 Å². The maximum Gasteiger partial charge on any atom is 0.251 e. The molecule has 0 fully saturated rings. The molecule has 1 unspecified atom stereocenters. The van der Waals surface area contributed by atoms with E-state index < -0.39 is 0 Å². The third kappa shape index (κ3) is 5.59. The smallest absolute Gasteiger partial charge is 0.251 e. The summed E-state index contributed by atoms with van der Waals surface area (Å²) in [6.07, 6.45) is 1.01. The van der Waals surface area contributed by atoms with Crippen molar-refractivity contribution in [3.63, 3.8) is 0 Å². The van der Waals surface area contributed by atoms with Crippen LogP contribution in [-0.4, -0.2) is 23.5 Å². The molecule has 0 bridgehead atoms. The molecule has 1 atom stereocenters.